The molecule has 1 aromatic carbocycles. The molecule has 136 valence electrons. The van der Waals surface area contributed by atoms with Gasteiger partial charge in [-0.15, -0.1) is 0 Å². The molecule has 6 nitrogen and oxygen atoms in total. The predicted molar refractivity (Wildman–Crippen MR) is 95.2 cm³/mol. The highest BCUT2D eigenvalue weighted by molar-refractivity contribution is 5.97. The highest BCUT2D eigenvalue weighted by Crippen LogP contribution is 2.20. The molecule has 1 fully saturated rings. The van der Waals surface area contributed by atoms with Crippen molar-refractivity contribution >= 4 is 23.5 Å². The molecule has 1 aromatic rings. The Labute approximate surface area is 148 Å². The topological polar surface area (TPSA) is 75.7 Å². The molecule has 0 unspecified atom stereocenters. The molecule has 1 N–H and O–H groups in total. The number of nitrogens with zero attached hydrogens (tertiary/aromatic N) is 1. The fourth-order valence-corrected chi connectivity index (χ4v) is 2.72. The summed E-state index contributed by atoms with van der Waals surface area (Å²) in [6.45, 7) is 5.59. The van der Waals surface area contributed by atoms with Crippen LogP contribution in [0.2, 0.25) is 0 Å². The Kier molecular flexibility index (Phi) is 6.98. The van der Waals surface area contributed by atoms with E-state index in [0.29, 0.717) is 30.9 Å². The number of ether oxygens (including phenoxy) is 1. The monoisotopic (exact) mass is 346 g/mol. The van der Waals surface area contributed by atoms with Crippen molar-refractivity contribution in [1.29, 1.82) is 0 Å². The number of anilines is 1. The summed E-state index contributed by atoms with van der Waals surface area (Å²) in [7, 11) is 0. The Morgan fingerprint density at radius 2 is 1.92 bits per heavy atom. The summed E-state index contributed by atoms with van der Waals surface area (Å²) in [5.74, 6) is -0.803. The third-order valence-electron chi connectivity index (χ3n) is 4.19. The predicted octanol–water partition coefficient (Wildman–Crippen LogP) is 2.84. The number of benzene rings is 1. The van der Waals surface area contributed by atoms with E-state index in [1.165, 1.54) is 0 Å². The summed E-state index contributed by atoms with van der Waals surface area (Å²) in [6, 6.07) is 6.60. The molecule has 1 aliphatic heterocycles. The Balaban J connectivity index is 1.88. The van der Waals surface area contributed by atoms with Crippen LogP contribution in [0.3, 0.4) is 0 Å². The highest BCUT2D eigenvalue weighted by atomic mass is 16.5. The molecule has 1 atom stereocenters. The van der Waals surface area contributed by atoms with Crippen LogP contribution < -0.4 is 5.32 Å². The fraction of sp³-hybridized carbons (Fsp3) is 0.526. The van der Waals surface area contributed by atoms with Gasteiger partial charge in [-0.05, 0) is 37.1 Å². The van der Waals surface area contributed by atoms with Crippen molar-refractivity contribution < 1.29 is 19.1 Å². The number of rotatable bonds is 8. The highest BCUT2D eigenvalue weighted by Gasteiger charge is 2.33. The second-order valence-corrected chi connectivity index (χ2v) is 6.30. The third kappa shape index (κ3) is 5.31. The van der Waals surface area contributed by atoms with Gasteiger partial charge in [0, 0.05) is 25.2 Å². The van der Waals surface area contributed by atoms with Gasteiger partial charge in [0.05, 0.1) is 18.1 Å². The van der Waals surface area contributed by atoms with Crippen molar-refractivity contribution in [1.82, 2.24) is 4.90 Å². The molecule has 25 heavy (non-hydrogen) atoms. The van der Waals surface area contributed by atoms with Gasteiger partial charge in [-0.25, -0.2) is 4.79 Å². The lowest BCUT2D eigenvalue weighted by Gasteiger charge is -2.16. The molecule has 2 rings (SSSR count). The van der Waals surface area contributed by atoms with Gasteiger partial charge in [0.1, 0.15) is 0 Å². The zero-order valence-corrected chi connectivity index (χ0v) is 14.9. The first-order valence-corrected chi connectivity index (χ1v) is 8.91. The maximum atomic E-state index is 12.4. The summed E-state index contributed by atoms with van der Waals surface area (Å²) >= 11 is 0. The van der Waals surface area contributed by atoms with E-state index in [9.17, 15) is 14.4 Å². The zero-order chi connectivity index (χ0) is 18.2. The molecule has 0 bridgehead atoms. The normalized spacial score (nSPS) is 16.8. The second-order valence-electron chi connectivity index (χ2n) is 6.30. The number of carbonyl (C=O) groups excluding carboxylic acids is 3. The van der Waals surface area contributed by atoms with Crippen molar-refractivity contribution in [2.24, 2.45) is 5.92 Å². The first-order valence-electron chi connectivity index (χ1n) is 8.91. The maximum absolute atomic E-state index is 12.4. The van der Waals surface area contributed by atoms with Crippen LogP contribution in [-0.4, -0.2) is 42.4 Å². The van der Waals surface area contributed by atoms with Crippen LogP contribution in [0.1, 0.15) is 49.9 Å². The lowest BCUT2D eigenvalue weighted by molar-refractivity contribution is -0.128. The summed E-state index contributed by atoms with van der Waals surface area (Å²) in [6.07, 6.45) is 3.01. The van der Waals surface area contributed by atoms with Gasteiger partial charge in [0.2, 0.25) is 11.8 Å². The standard InChI is InChI=1S/C19H26N2O4/c1-3-5-10-21-13-15(12-17(21)22)18(23)20-16-8-6-14(7-9-16)19(24)25-11-4-2/h6-9,15H,3-5,10-13H2,1-2H3,(H,20,23)/t15-/m1/s1. The van der Waals surface area contributed by atoms with E-state index in [0.717, 1.165) is 19.3 Å². The number of unbranched alkanes of at least 4 members (excludes halogenated alkanes) is 1. The lowest BCUT2D eigenvalue weighted by Crippen LogP contribution is -2.29. The van der Waals surface area contributed by atoms with Crippen molar-refractivity contribution in [2.75, 3.05) is 25.0 Å². The Morgan fingerprint density at radius 1 is 1.20 bits per heavy atom. The average molecular weight is 346 g/mol. The SMILES string of the molecule is CCCCN1C[C@H](C(=O)Nc2ccc(C(=O)OCCC)cc2)CC1=O. The summed E-state index contributed by atoms with van der Waals surface area (Å²) in [5, 5.41) is 2.82. The van der Waals surface area contributed by atoms with E-state index < -0.39 is 0 Å². The number of carbonyl (C=O) groups is 3. The van der Waals surface area contributed by atoms with Crippen LogP contribution in [-0.2, 0) is 14.3 Å². The number of amides is 2. The molecular weight excluding hydrogens is 320 g/mol. The smallest absolute Gasteiger partial charge is 0.338 e. The van der Waals surface area contributed by atoms with Crippen LogP contribution in [0.15, 0.2) is 24.3 Å². The molecule has 0 saturated carbocycles. The first kappa shape index (κ1) is 19.0. The maximum Gasteiger partial charge on any atom is 0.338 e. The van der Waals surface area contributed by atoms with Gasteiger partial charge >= 0.3 is 5.97 Å². The minimum atomic E-state index is -0.368. The number of hydrogen-bond donors (Lipinski definition) is 1. The second kappa shape index (κ2) is 9.20. The van der Waals surface area contributed by atoms with Crippen LogP contribution in [0.5, 0.6) is 0 Å². The van der Waals surface area contributed by atoms with E-state index in [-0.39, 0.29) is 30.1 Å². The van der Waals surface area contributed by atoms with E-state index in [4.69, 9.17) is 4.74 Å². The third-order valence-corrected chi connectivity index (χ3v) is 4.19. The number of esters is 1. The molecule has 0 aliphatic carbocycles. The van der Waals surface area contributed by atoms with Crippen molar-refractivity contribution in [3.8, 4) is 0 Å². The van der Waals surface area contributed by atoms with Crippen molar-refractivity contribution in [3.63, 3.8) is 0 Å². The molecular formula is C19H26N2O4. The minimum Gasteiger partial charge on any atom is -0.462 e. The first-order chi connectivity index (χ1) is 12.0. The average Bonchev–Trinajstić information content (AvgIpc) is 2.99. The van der Waals surface area contributed by atoms with E-state index in [1.807, 2.05) is 6.92 Å². The minimum absolute atomic E-state index is 0.0441. The van der Waals surface area contributed by atoms with Crippen molar-refractivity contribution in [3.05, 3.63) is 29.8 Å². The van der Waals surface area contributed by atoms with Gasteiger partial charge in [0.15, 0.2) is 0 Å². The Hall–Kier alpha value is -2.37. The molecule has 1 saturated heterocycles. The van der Waals surface area contributed by atoms with Crippen LogP contribution >= 0.6 is 0 Å². The summed E-state index contributed by atoms with van der Waals surface area (Å²) < 4.78 is 5.07. The number of likely N-dealkylation sites (tertiary alicyclic amines) is 1. The molecule has 0 radical (unpaired) electrons. The molecule has 0 spiro atoms. The van der Waals surface area contributed by atoms with Gasteiger partial charge in [0.25, 0.3) is 0 Å². The summed E-state index contributed by atoms with van der Waals surface area (Å²) in [4.78, 5) is 37.8. The molecule has 1 heterocycles. The Bertz CT molecular complexity index is 612. The van der Waals surface area contributed by atoms with E-state index in [1.54, 1.807) is 29.2 Å². The van der Waals surface area contributed by atoms with Crippen LogP contribution in [0, 0.1) is 5.92 Å². The fourth-order valence-electron chi connectivity index (χ4n) is 2.72. The Morgan fingerprint density at radius 3 is 2.56 bits per heavy atom. The molecule has 1 aliphatic rings. The van der Waals surface area contributed by atoms with Gasteiger partial charge in [-0.2, -0.15) is 0 Å². The van der Waals surface area contributed by atoms with Gasteiger partial charge in [-0.1, -0.05) is 20.3 Å². The largest absolute Gasteiger partial charge is 0.462 e. The number of hydrogen-bond acceptors (Lipinski definition) is 4. The van der Waals surface area contributed by atoms with Crippen molar-refractivity contribution in [2.45, 2.75) is 39.5 Å². The lowest BCUT2D eigenvalue weighted by atomic mass is 10.1. The van der Waals surface area contributed by atoms with E-state index in [2.05, 4.69) is 12.2 Å². The van der Waals surface area contributed by atoms with Crippen LogP contribution in [0.4, 0.5) is 5.69 Å². The molecule has 2 amide bonds. The quantitative estimate of drug-likeness (QED) is 0.735. The van der Waals surface area contributed by atoms with E-state index >= 15 is 0 Å². The van der Waals surface area contributed by atoms with Gasteiger partial charge in [-0.3, -0.25) is 9.59 Å². The van der Waals surface area contributed by atoms with Crippen LogP contribution in [0.25, 0.3) is 0 Å². The summed E-state index contributed by atoms with van der Waals surface area (Å²) in [5.41, 5.74) is 1.06. The number of nitrogens with one attached hydrogen (secondary N) is 1. The molecule has 0 aromatic heterocycles. The zero-order valence-electron chi connectivity index (χ0n) is 14.9. The molecule has 6 heteroatoms. The van der Waals surface area contributed by atoms with Gasteiger partial charge < -0.3 is 15.0 Å².